The number of halogens is 4. The monoisotopic (exact) mass is 548 g/mol. The van der Waals surface area contributed by atoms with Crippen molar-refractivity contribution in [3.63, 3.8) is 0 Å². The third-order valence-electron chi connectivity index (χ3n) is 4.91. The van der Waals surface area contributed by atoms with E-state index >= 15 is 0 Å². The number of imide groups is 1. The normalized spacial score (nSPS) is 14.4. The van der Waals surface area contributed by atoms with E-state index in [-0.39, 0.29) is 33.0 Å². The Kier molecular flexibility index (Phi) is 7.93. The first-order valence-corrected chi connectivity index (χ1v) is 11.9. The fourth-order valence-electron chi connectivity index (χ4n) is 3.27. The first-order chi connectivity index (χ1) is 17.2. The quantitative estimate of drug-likeness (QED) is 0.340. The molecule has 1 saturated heterocycles. The van der Waals surface area contributed by atoms with Gasteiger partial charge in [-0.05, 0) is 65.4 Å². The lowest BCUT2D eigenvalue weighted by Gasteiger charge is -2.13. The number of rotatable bonds is 7. The van der Waals surface area contributed by atoms with Gasteiger partial charge in [-0.3, -0.25) is 19.3 Å². The average Bonchev–Trinajstić information content (AvgIpc) is 3.07. The van der Waals surface area contributed by atoms with Gasteiger partial charge in [-0.1, -0.05) is 47.5 Å². The van der Waals surface area contributed by atoms with E-state index in [1.54, 1.807) is 12.1 Å². The molecule has 1 heterocycles. The second-order valence-electron chi connectivity index (χ2n) is 7.53. The number of nitrogens with zero attached hydrogens (tertiary/aromatic N) is 1. The molecule has 1 aliphatic rings. The number of hydrogen-bond donors (Lipinski definition) is 1. The molecule has 0 saturated carbocycles. The Bertz CT molecular complexity index is 1380. The van der Waals surface area contributed by atoms with Crippen molar-refractivity contribution in [2.45, 2.75) is 6.61 Å². The van der Waals surface area contributed by atoms with Gasteiger partial charge in [-0.25, -0.2) is 8.78 Å². The van der Waals surface area contributed by atoms with E-state index in [0.29, 0.717) is 22.9 Å². The summed E-state index contributed by atoms with van der Waals surface area (Å²) in [5.41, 5.74) is 0.942. The molecule has 3 amide bonds. The van der Waals surface area contributed by atoms with E-state index in [9.17, 15) is 23.2 Å². The summed E-state index contributed by atoms with van der Waals surface area (Å²) in [4.78, 5) is 38.2. The molecule has 0 unspecified atom stereocenters. The minimum atomic E-state index is -0.727. The molecule has 0 aliphatic carbocycles. The fourth-order valence-corrected chi connectivity index (χ4v) is 4.72. The number of carbonyl (C=O) groups is 3. The Hall–Kier alpha value is -3.40. The zero-order valence-corrected chi connectivity index (χ0v) is 20.6. The van der Waals surface area contributed by atoms with Crippen molar-refractivity contribution in [1.82, 2.24) is 4.90 Å². The lowest BCUT2D eigenvalue weighted by atomic mass is 10.2. The molecule has 3 aromatic carbocycles. The van der Waals surface area contributed by atoms with Crippen molar-refractivity contribution in [3.05, 3.63) is 98.4 Å². The summed E-state index contributed by atoms with van der Waals surface area (Å²) in [7, 11) is 0. The molecule has 0 bridgehead atoms. The summed E-state index contributed by atoms with van der Waals surface area (Å²) in [6.45, 7) is -0.547. The number of nitrogens with one attached hydrogen (secondary N) is 1. The SMILES string of the molecule is O=C(CN1C(=O)S/C(=C\c2cc(Cl)c(OCc3cccc(F)c3)c(Cl)c2)C1=O)Nc1ccccc1F. The summed E-state index contributed by atoms with van der Waals surface area (Å²) in [5, 5.41) is 1.98. The zero-order valence-electron chi connectivity index (χ0n) is 18.3. The Morgan fingerprint density at radius 1 is 1.03 bits per heavy atom. The van der Waals surface area contributed by atoms with Crippen molar-refractivity contribution < 1.29 is 27.9 Å². The van der Waals surface area contributed by atoms with E-state index in [1.807, 2.05) is 0 Å². The van der Waals surface area contributed by atoms with Gasteiger partial charge in [0.05, 0.1) is 20.6 Å². The highest BCUT2D eigenvalue weighted by Gasteiger charge is 2.36. The number of ether oxygens (including phenoxy) is 1. The molecule has 36 heavy (non-hydrogen) atoms. The summed E-state index contributed by atoms with van der Waals surface area (Å²) >= 11 is 13.3. The summed E-state index contributed by atoms with van der Waals surface area (Å²) in [5.74, 6) is -2.28. The van der Waals surface area contributed by atoms with E-state index in [2.05, 4.69) is 5.32 Å². The van der Waals surface area contributed by atoms with Crippen LogP contribution < -0.4 is 10.1 Å². The Morgan fingerprint density at radius 2 is 1.75 bits per heavy atom. The van der Waals surface area contributed by atoms with Crippen LogP contribution in [0.25, 0.3) is 6.08 Å². The number of carbonyl (C=O) groups excluding carboxylic acids is 3. The molecule has 0 aromatic heterocycles. The minimum absolute atomic E-state index is 0.0321. The van der Waals surface area contributed by atoms with Gasteiger partial charge >= 0.3 is 0 Å². The standard InChI is InChI=1S/C25H16Cl2F2N2O4S/c26-17-9-15(10-18(27)23(17)35-13-14-4-3-5-16(28)8-14)11-21-24(33)31(25(34)36-21)12-22(32)30-20-7-2-1-6-19(20)29/h1-11H,12-13H2,(H,30,32)/b21-11-. The Labute approximate surface area is 218 Å². The van der Waals surface area contributed by atoms with Crippen molar-refractivity contribution in [2.24, 2.45) is 0 Å². The van der Waals surface area contributed by atoms with Crippen LogP contribution in [0.15, 0.2) is 65.6 Å². The van der Waals surface area contributed by atoms with Gasteiger partial charge < -0.3 is 10.1 Å². The lowest BCUT2D eigenvalue weighted by molar-refractivity contribution is -0.127. The molecule has 11 heteroatoms. The molecular weight excluding hydrogens is 533 g/mol. The molecule has 184 valence electrons. The van der Waals surface area contributed by atoms with Crippen molar-refractivity contribution in [3.8, 4) is 5.75 Å². The van der Waals surface area contributed by atoms with Gasteiger partial charge in [0.2, 0.25) is 5.91 Å². The lowest BCUT2D eigenvalue weighted by Crippen LogP contribution is -2.36. The zero-order chi connectivity index (χ0) is 25.8. The molecule has 4 rings (SSSR count). The van der Waals surface area contributed by atoms with Crippen LogP contribution in [0, 0.1) is 11.6 Å². The van der Waals surface area contributed by atoms with Crippen LogP contribution in [0.3, 0.4) is 0 Å². The van der Waals surface area contributed by atoms with Gasteiger partial charge in [-0.2, -0.15) is 0 Å². The number of hydrogen-bond acceptors (Lipinski definition) is 5. The maximum Gasteiger partial charge on any atom is 0.294 e. The van der Waals surface area contributed by atoms with Crippen LogP contribution in [0.4, 0.5) is 19.3 Å². The molecular formula is C25H16Cl2F2N2O4S. The molecule has 0 radical (unpaired) electrons. The highest BCUT2D eigenvalue weighted by atomic mass is 35.5. The van der Waals surface area contributed by atoms with Crippen LogP contribution in [0.5, 0.6) is 5.75 Å². The topological polar surface area (TPSA) is 75.7 Å². The van der Waals surface area contributed by atoms with Crippen molar-refractivity contribution in [1.29, 1.82) is 0 Å². The number of amides is 3. The summed E-state index contributed by atoms with van der Waals surface area (Å²) in [6, 6.07) is 14.4. The molecule has 0 atom stereocenters. The Morgan fingerprint density at radius 3 is 2.44 bits per heavy atom. The van der Waals surface area contributed by atoms with Crippen LogP contribution in [-0.4, -0.2) is 28.5 Å². The molecule has 1 fully saturated rings. The molecule has 1 aliphatic heterocycles. The predicted octanol–water partition coefficient (Wildman–Crippen LogP) is 6.53. The first-order valence-electron chi connectivity index (χ1n) is 10.4. The van der Waals surface area contributed by atoms with Crippen LogP contribution in [-0.2, 0) is 16.2 Å². The molecule has 0 spiro atoms. The number of para-hydroxylation sites is 1. The highest BCUT2D eigenvalue weighted by Crippen LogP contribution is 2.37. The van der Waals surface area contributed by atoms with Crippen LogP contribution >= 0.6 is 35.0 Å². The maximum absolute atomic E-state index is 13.7. The molecule has 1 N–H and O–H groups in total. The van der Waals surface area contributed by atoms with E-state index < -0.39 is 35.2 Å². The molecule has 6 nitrogen and oxygen atoms in total. The predicted molar refractivity (Wildman–Crippen MR) is 135 cm³/mol. The second kappa shape index (κ2) is 11.1. The van der Waals surface area contributed by atoms with Crippen LogP contribution in [0.2, 0.25) is 10.0 Å². The number of benzene rings is 3. The van der Waals surface area contributed by atoms with Gasteiger partial charge in [-0.15, -0.1) is 0 Å². The van der Waals surface area contributed by atoms with Gasteiger partial charge in [0.1, 0.15) is 24.8 Å². The van der Waals surface area contributed by atoms with Crippen LogP contribution in [0.1, 0.15) is 11.1 Å². The summed E-state index contributed by atoms with van der Waals surface area (Å²) in [6.07, 6.45) is 1.41. The largest absolute Gasteiger partial charge is 0.486 e. The van der Waals surface area contributed by atoms with Gasteiger partial charge in [0, 0.05) is 0 Å². The molecule has 3 aromatic rings. The smallest absolute Gasteiger partial charge is 0.294 e. The fraction of sp³-hybridized carbons (Fsp3) is 0.0800. The first kappa shape index (κ1) is 25.7. The third-order valence-corrected chi connectivity index (χ3v) is 6.38. The highest BCUT2D eigenvalue weighted by molar-refractivity contribution is 8.18. The number of anilines is 1. The van der Waals surface area contributed by atoms with E-state index in [1.165, 1.54) is 54.6 Å². The van der Waals surface area contributed by atoms with Gasteiger partial charge in [0.15, 0.2) is 5.75 Å². The summed E-state index contributed by atoms with van der Waals surface area (Å²) < 4.78 is 32.7. The third kappa shape index (κ3) is 6.04. The van der Waals surface area contributed by atoms with Crippen molar-refractivity contribution >= 4 is 63.8 Å². The maximum atomic E-state index is 13.7. The van der Waals surface area contributed by atoms with Gasteiger partial charge in [0.25, 0.3) is 11.1 Å². The van der Waals surface area contributed by atoms with Crippen molar-refractivity contribution in [2.75, 3.05) is 11.9 Å². The second-order valence-corrected chi connectivity index (χ2v) is 9.34. The number of thioether (sulfide) groups is 1. The Balaban J connectivity index is 1.44. The van der Waals surface area contributed by atoms with E-state index in [0.717, 1.165) is 4.90 Å². The average molecular weight is 549 g/mol. The van der Waals surface area contributed by atoms with E-state index in [4.69, 9.17) is 27.9 Å². The minimum Gasteiger partial charge on any atom is -0.486 e.